The zero-order chi connectivity index (χ0) is 18.6. The number of aromatic nitrogens is 1. The smallest absolute Gasteiger partial charge is 0.270 e. The highest BCUT2D eigenvalue weighted by Gasteiger charge is 2.35. The Morgan fingerprint density at radius 1 is 0.926 bits per heavy atom. The quantitative estimate of drug-likeness (QED) is 0.900. The molecule has 1 aromatic carbocycles. The number of piperazine rings is 1. The number of rotatable bonds is 4. The van der Waals surface area contributed by atoms with Crippen molar-refractivity contribution < 1.29 is 9.59 Å². The summed E-state index contributed by atoms with van der Waals surface area (Å²) in [6, 6.07) is 13.9. The molecule has 2 amide bonds. The maximum absolute atomic E-state index is 13.1. The number of carbonyl (C=O) groups excluding carboxylic acids is 2. The molecule has 2 aromatic rings. The molecule has 2 saturated heterocycles. The molecule has 0 radical (unpaired) electrons. The summed E-state index contributed by atoms with van der Waals surface area (Å²) < 4.78 is 0. The lowest BCUT2D eigenvalue weighted by molar-refractivity contribution is -0.137. The molecule has 0 spiro atoms. The molecule has 4 rings (SSSR count). The van der Waals surface area contributed by atoms with Crippen LogP contribution in [0.25, 0.3) is 0 Å². The SMILES string of the molecule is O=C(c1ccc[nH]1)N1CCN(C(=O)[C@@H]2CCCN2Cc2ccccc2)CC1. The van der Waals surface area contributed by atoms with Crippen LogP contribution in [0.3, 0.4) is 0 Å². The maximum Gasteiger partial charge on any atom is 0.270 e. The van der Waals surface area contributed by atoms with E-state index in [2.05, 4.69) is 22.0 Å². The summed E-state index contributed by atoms with van der Waals surface area (Å²) in [4.78, 5) is 34.5. The van der Waals surface area contributed by atoms with Crippen molar-refractivity contribution in [3.63, 3.8) is 0 Å². The van der Waals surface area contributed by atoms with Crippen molar-refractivity contribution in [2.45, 2.75) is 25.4 Å². The van der Waals surface area contributed by atoms with E-state index >= 15 is 0 Å². The third-order valence-electron chi connectivity index (χ3n) is 5.58. The van der Waals surface area contributed by atoms with Crippen molar-refractivity contribution in [3.8, 4) is 0 Å². The second-order valence-corrected chi connectivity index (χ2v) is 7.32. The average Bonchev–Trinajstić information content (AvgIpc) is 3.40. The first kappa shape index (κ1) is 17.8. The molecule has 2 fully saturated rings. The molecule has 6 heteroatoms. The molecule has 1 aromatic heterocycles. The number of H-pyrrole nitrogens is 1. The Kier molecular flexibility index (Phi) is 5.25. The molecule has 0 saturated carbocycles. The van der Waals surface area contributed by atoms with E-state index < -0.39 is 0 Å². The molecule has 0 bridgehead atoms. The first-order valence-electron chi connectivity index (χ1n) is 9.72. The van der Waals surface area contributed by atoms with Crippen molar-refractivity contribution in [2.24, 2.45) is 0 Å². The van der Waals surface area contributed by atoms with Gasteiger partial charge in [-0.05, 0) is 37.1 Å². The Bertz CT molecular complexity index is 767. The average molecular weight is 366 g/mol. The number of hydrogen-bond acceptors (Lipinski definition) is 3. The predicted octanol–water partition coefficient (Wildman–Crippen LogP) is 1.96. The topological polar surface area (TPSA) is 59.7 Å². The minimum atomic E-state index is -0.0316. The molecule has 1 atom stereocenters. The first-order chi connectivity index (χ1) is 13.2. The van der Waals surface area contributed by atoms with E-state index in [0.29, 0.717) is 31.9 Å². The molecule has 0 unspecified atom stereocenters. The summed E-state index contributed by atoms with van der Waals surface area (Å²) in [5, 5.41) is 0. The number of carbonyl (C=O) groups is 2. The summed E-state index contributed by atoms with van der Waals surface area (Å²) in [7, 11) is 0. The van der Waals surface area contributed by atoms with E-state index in [1.54, 1.807) is 12.3 Å². The fourth-order valence-electron chi connectivity index (χ4n) is 4.09. The minimum absolute atomic E-state index is 0.0127. The van der Waals surface area contributed by atoms with Gasteiger partial charge >= 0.3 is 0 Å². The number of nitrogens with one attached hydrogen (secondary N) is 1. The zero-order valence-electron chi connectivity index (χ0n) is 15.5. The van der Waals surface area contributed by atoms with Gasteiger partial charge < -0.3 is 14.8 Å². The highest BCUT2D eigenvalue weighted by Crippen LogP contribution is 2.22. The Morgan fingerprint density at radius 3 is 2.37 bits per heavy atom. The monoisotopic (exact) mass is 366 g/mol. The minimum Gasteiger partial charge on any atom is -0.357 e. The highest BCUT2D eigenvalue weighted by molar-refractivity contribution is 5.92. The van der Waals surface area contributed by atoms with Gasteiger partial charge in [-0.2, -0.15) is 0 Å². The van der Waals surface area contributed by atoms with Gasteiger partial charge in [0.05, 0.1) is 6.04 Å². The van der Waals surface area contributed by atoms with Crippen molar-refractivity contribution in [1.82, 2.24) is 19.7 Å². The molecule has 3 heterocycles. The van der Waals surface area contributed by atoms with E-state index in [1.807, 2.05) is 34.1 Å². The number of amides is 2. The predicted molar refractivity (Wildman–Crippen MR) is 103 cm³/mol. The summed E-state index contributed by atoms with van der Waals surface area (Å²) in [6.45, 7) is 4.20. The third kappa shape index (κ3) is 3.90. The molecule has 142 valence electrons. The number of aromatic amines is 1. The lowest BCUT2D eigenvalue weighted by Gasteiger charge is -2.37. The maximum atomic E-state index is 13.1. The summed E-state index contributed by atoms with van der Waals surface area (Å²) in [5.74, 6) is 0.231. The van der Waals surface area contributed by atoms with Crippen LogP contribution < -0.4 is 0 Å². The largest absolute Gasteiger partial charge is 0.357 e. The van der Waals surface area contributed by atoms with Crippen LogP contribution in [0.15, 0.2) is 48.7 Å². The standard InChI is InChI=1S/C21H26N4O2/c26-20(18-8-4-10-22-18)23-12-14-24(15-13-23)21(27)19-9-5-11-25(19)16-17-6-2-1-3-7-17/h1-4,6-8,10,19,22H,5,9,11-16H2/t19-/m0/s1. The van der Waals surface area contributed by atoms with Gasteiger partial charge in [-0.1, -0.05) is 30.3 Å². The van der Waals surface area contributed by atoms with Crippen LogP contribution in [-0.4, -0.2) is 70.3 Å². The van der Waals surface area contributed by atoms with Crippen LogP contribution in [0.2, 0.25) is 0 Å². The van der Waals surface area contributed by atoms with Crippen molar-refractivity contribution in [3.05, 3.63) is 59.9 Å². The van der Waals surface area contributed by atoms with Crippen LogP contribution >= 0.6 is 0 Å². The molecule has 2 aliphatic heterocycles. The van der Waals surface area contributed by atoms with Gasteiger partial charge in [0.15, 0.2) is 0 Å². The third-order valence-corrected chi connectivity index (χ3v) is 5.58. The Hall–Kier alpha value is -2.60. The Labute approximate surface area is 159 Å². The fraction of sp³-hybridized carbons (Fsp3) is 0.429. The van der Waals surface area contributed by atoms with Gasteiger partial charge in [-0.3, -0.25) is 14.5 Å². The van der Waals surface area contributed by atoms with E-state index in [0.717, 1.165) is 25.9 Å². The number of nitrogens with zero attached hydrogens (tertiary/aromatic N) is 3. The fourth-order valence-corrected chi connectivity index (χ4v) is 4.09. The molecule has 0 aliphatic carbocycles. The van der Waals surface area contributed by atoms with Crippen LogP contribution in [0.4, 0.5) is 0 Å². The van der Waals surface area contributed by atoms with Gasteiger partial charge in [0.1, 0.15) is 5.69 Å². The molecular formula is C21H26N4O2. The Morgan fingerprint density at radius 2 is 1.67 bits per heavy atom. The van der Waals surface area contributed by atoms with Gasteiger partial charge in [0.25, 0.3) is 5.91 Å². The number of benzene rings is 1. The normalized spacial score (nSPS) is 20.8. The zero-order valence-corrected chi connectivity index (χ0v) is 15.5. The number of likely N-dealkylation sites (tertiary alicyclic amines) is 1. The molecule has 27 heavy (non-hydrogen) atoms. The van der Waals surface area contributed by atoms with E-state index in [-0.39, 0.29) is 17.9 Å². The van der Waals surface area contributed by atoms with Crippen LogP contribution in [0, 0.1) is 0 Å². The molecule has 2 aliphatic rings. The van der Waals surface area contributed by atoms with Crippen LogP contribution in [-0.2, 0) is 11.3 Å². The van der Waals surface area contributed by atoms with Crippen molar-refractivity contribution in [2.75, 3.05) is 32.7 Å². The highest BCUT2D eigenvalue weighted by atomic mass is 16.2. The lowest BCUT2D eigenvalue weighted by Crippen LogP contribution is -2.54. The summed E-state index contributed by atoms with van der Waals surface area (Å²) in [5.41, 5.74) is 1.86. The van der Waals surface area contributed by atoms with Gasteiger partial charge in [-0.25, -0.2) is 0 Å². The molecule has 1 N–H and O–H groups in total. The van der Waals surface area contributed by atoms with Gasteiger partial charge in [-0.15, -0.1) is 0 Å². The lowest BCUT2D eigenvalue weighted by atomic mass is 10.1. The van der Waals surface area contributed by atoms with Crippen molar-refractivity contribution >= 4 is 11.8 Å². The van der Waals surface area contributed by atoms with E-state index in [1.165, 1.54) is 5.56 Å². The molecule has 6 nitrogen and oxygen atoms in total. The Balaban J connectivity index is 1.34. The number of hydrogen-bond donors (Lipinski definition) is 1. The first-order valence-corrected chi connectivity index (χ1v) is 9.72. The van der Waals surface area contributed by atoms with E-state index in [4.69, 9.17) is 0 Å². The summed E-state index contributed by atoms with van der Waals surface area (Å²) in [6.07, 6.45) is 3.75. The van der Waals surface area contributed by atoms with E-state index in [9.17, 15) is 9.59 Å². The van der Waals surface area contributed by atoms with Crippen molar-refractivity contribution in [1.29, 1.82) is 0 Å². The van der Waals surface area contributed by atoms with Crippen LogP contribution in [0.5, 0.6) is 0 Å². The van der Waals surface area contributed by atoms with Crippen LogP contribution in [0.1, 0.15) is 28.9 Å². The summed E-state index contributed by atoms with van der Waals surface area (Å²) >= 11 is 0. The second-order valence-electron chi connectivity index (χ2n) is 7.32. The molecular weight excluding hydrogens is 340 g/mol. The second kappa shape index (κ2) is 7.96. The van der Waals surface area contributed by atoms with Gasteiger partial charge in [0, 0.05) is 38.9 Å². The van der Waals surface area contributed by atoms with Gasteiger partial charge in [0.2, 0.25) is 5.91 Å².